The maximum atomic E-state index is 13.3. The highest BCUT2D eigenvalue weighted by molar-refractivity contribution is 6.04. The minimum absolute atomic E-state index is 0.279. The van der Waals surface area contributed by atoms with Gasteiger partial charge in [0, 0.05) is 16.9 Å². The van der Waals surface area contributed by atoms with Gasteiger partial charge < -0.3 is 5.32 Å². The molecular formula is C21H17FN4O. The first-order valence-electron chi connectivity index (χ1n) is 8.84. The molecule has 0 unspecified atom stereocenters. The Morgan fingerprint density at radius 3 is 2.48 bits per heavy atom. The van der Waals surface area contributed by atoms with Gasteiger partial charge in [0.15, 0.2) is 5.69 Å². The van der Waals surface area contributed by atoms with Crippen LogP contribution in [0.15, 0.2) is 48.5 Å². The molecule has 0 aliphatic heterocycles. The van der Waals surface area contributed by atoms with Crippen molar-refractivity contribution in [3.8, 4) is 11.8 Å². The number of aromatic nitrogens is 2. The molecule has 5 nitrogen and oxygen atoms in total. The minimum atomic E-state index is -0.307. The average molecular weight is 360 g/mol. The smallest absolute Gasteiger partial charge is 0.276 e. The van der Waals surface area contributed by atoms with E-state index in [9.17, 15) is 9.18 Å². The minimum Gasteiger partial charge on any atom is -0.321 e. The van der Waals surface area contributed by atoms with Crippen LogP contribution in [0.3, 0.4) is 0 Å². The van der Waals surface area contributed by atoms with Crippen molar-refractivity contribution in [2.75, 3.05) is 5.32 Å². The Bertz CT molecular complexity index is 1030. The van der Waals surface area contributed by atoms with Gasteiger partial charge in [0.2, 0.25) is 0 Å². The molecule has 0 saturated carbocycles. The number of hydrogen-bond acceptors (Lipinski definition) is 3. The number of amides is 1. The Hall–Kier alpha value is -3.46. The van der Waals surface area contributed by atoms with Crippen molar-refractivity contribution in [2.24, 2.45) is 0 Å². The van der Waals surface area contributed by atoms with Gasteiger partial charge in [-0.1, -0.05) is 0 Å². The molecule has 134 valence electrons. The summed E-state index contributed by atoms with van der Waals surface area (Å²) in [7, 11) is 0. The van der Waals surface area contributed by atoms with E-state index in [0.29, 0.717) is 16.9 Å². The molecule has 2 aromatic carbocycles. The van der Waals surface area contributed by atoms with Gasteiger partial charge in [0.25, 0.3) is 5.91 Å². The Kier molecular flexibility index (Phi) is 4.43. The highest BCUT2D eigenvalue weighted by Gasteiger charge is 2.25. The van der Waals surface area contributed by atoms with Gasteiger partial charge in [0.05, 0.1) is 17.3 Å². The molecule has 27 heavy (non-hydrogen) atoms. The van der Waals surface area contributed by atoms with Crippen LogP contribution >= 0.6 is 0 Å². The second kappa shape index (κ2) is 7.04. The molecule has 4 rings (SSSR count). The molecule has 0 radical (unpaired) electrons. The van der Waals surface area contributed by atoms with Gasteiger partial charge in [-0.2, -0.15) is 10.4 Å². The summed E-state index contributed by atoms with van der Waals surface area (Å²) in [6.07, 6.45) is 3.69. The van der Waals surface area contributed by atoms with Crippen molar-refractivity contribution in [3.05, 3.63) is 76.9 Å². The lowest BCUT2D eigenvalue weighted by molar-refractivity contribution is 0.102. The van der Waals surface area contributed by atoms with Crippen molar-refractivity contribution in [1.29, 1.82) is 5.26 Å². The molecule has 1 amide bonds. The molecule has 1 aliphatic carbocycles. The number of carbonyl (C=O) groups excluding carboxylic acids is 1. The second-order valence-electron chi connectivity index (χ2n) is 6.51. The first-order chi connectivity index (χ1) is 13.2. The monoisotopic (exact) mass is 360 g/mol. The van der Waals surface area contributed by atoms with E-state index in [1.807, 2.05) is 0 Å². The third-order valence-electron chi connectivity index (χ3n) is 4.74. The summed E-state index contributed by atoms with van der Waals surface area (Å²) in [6.45, 7) is 0. The molecule has 1 aliphatic rings. The summed E-state index contributed by atoms with van der Waals surface area (Å²) in [4.78, 5) is 12.8. The fourth-order valence-corrected chi connectivity index (χ4v) is 3.40. The van der Waals surface area contributed by atoms with Crippen LogP contribution in [0.25, 0.3) is 5.69 Å². The summed E-state index contributed by atoms with van der Waals surface area (Å²) >= 11 is 0. The molecule has 3 aromatic rings. The van der Waals surface area contributed by atoms with Crippen molar-refractivity contribution in [1.82, 2.24) is 9.78 Å². The van der Waals surface area contributed by atoms with E-state index >= 15 is 0 Å². The van der Waals surface area contributed by atoms with Gasteiger partial charge in [-0.05, 0) is 74.2 Å². The molecule has 1 heterocycles. The maximum absolute atomic E-state index is 13.3. The summed E-state index contributed by atoms with van der Waals surface area (Å²) in [5, 5.41) is 16.3. The third kappa shape index (κ3) is 3.32. The van der Waals surface area contributed by atoms with Gasteiger partial charge in [-0.3, -0.25) is 4.79 Å². The largest absolute Gasteiger partial charge is 0.321 e. The van der Waals surface area contributed by atoms with E-state index in [1.54, 1.807) is 41.1 Å². The van der Waals surface area contributed by atoms with Crippen molar-refractivity contribution in [2.45, 2.75) is 25.7 Å². The molecule has 0 bridgehead atoms. The number of anilines is 1. The van der Waals surface area contributed by atoms with E-state index < -0.39 is 0 Å². The predicted octanol–water partition coefficient (Wildman–Crippen LogP) is 4.01. The zero-order chi connectivity index (χ0) is 18.8. The number of rotatable bonds is 3. The number of nitrogens with one attached hydrogen (secondary N) is 1. The number of nitrogens with zero attached hydrogens (tertiary/aromatic N) is 3. The Labute approximate surface area is 156 Å². The summed E-state index contributed by atoms with van der Waals surface area (Å²) < 4.78 is 15.0. The van der Waals surface area contributed by atoms with Gasteiger partial charge in [0.1, 0.15) is 5.82 Å². The number of fused-ring (bicyclic) bond motifs is 1. The van der Waals surface area contributed by atoms with E-state index in [0.717, 1.165) is 42.6 Å². The lowest BCUT2D eigenvalue weighted by Gasteiger charge is -2.14. The first-order valence-corrected chi connectivity index (χ1v) is 8.84. The van der Waals surface area contributed by atoms with Crippen LogP contribution in [-0.2, 0) is 12.8 Å². The highest BCUT2D eigenvalue weighted by Crippen LogP contribution is 2.27. The van der Waals surface area contributed by atoms with Gasteiger partial charge in [-0.15, -0.1) is 0 Å². The van der Waals surface area contributed by atoms with Crippen LogP contribution in [0.5, 0.6) is 0 Å². The topological polar surface area (TPSA) is 70.7 Å². The van der Waals surface area contributed by atoms with Crippen LogP contribution in [-0.4, -0.2) is 15.7 Å². The first kappa shape index (κ1) is 17.0. The second-order valence-corrected chi connectivity index (χ2v) is 6.51. The van der Waals surface area contributed by atoms with E-state index in [2.05, 4.69) is 16.5 Å². The van der Waals surface area contributed by atoms with E-state index in [4.69, 9.17) is 5.26 Å². The lowest BCUT2D eigenvalue weighted by atomic mass is 9.95. The van der Waals surface area contributed by atoms with Crippen LogP contribution in [0.4, 0.5) is 10.1 Å². The molecule has 0 fully saturated rings. The fourth-order valence-electron chi connectivity index (χ4n) is 3.40. The molecule has 0 atom stereocenters. The number of hydrogen-bond donors (Lipinski definition) is 1. The summed E-state index contributed by atoms with van der Waals surface area (Å²) in [5.74, 6) is -0.586. The Morgan fingerprint density at radius 1 is 1.07 bits per heavy atom. The van der Waals surface area contributed by atoms with Crippen LogP contribution in [0.1, 0.15) is 40.2 Å². The number of carbonyl (C=O) groups is 1. The number of nitriles is 1. The fraction of sp³-hybridized carbons (Fsp3) is 0.190. The molecular weight excluding hydrogens is 343 g/mol. The van der Waals surface area contributed by atoms with Crippen LogP contribution < -0.4 is 5.32 Å². The zero-order valence-electron chi connectivity index (χ0n) is 14.6. The zero-order valence-corrected chi connectivity index (χ0v) is 14.6. The molecule has 1 aromatic heterocycles. The predicted molar refractivity (Wildman–Crippen MR) is 99.3 cm³/mol. The number of halogens is 1. The highest BCUT2D eigenvalue weighted by atomic mass is 19.1. The van der Waals surface area contributed by atoms with Crippen molar-refractivity contribution < 1.29 is 9.18 Å². The van der Waals surface area contributed by atoms with E-state index in [1.165, 1.54) is 12.1 Å². The molecule has 1 N–H and O–H groups in total. The van der Waals surface area contributed by atoms with Crippen molar-refractivity contribution in [3.63, 3.8) is 0 Å². The third-order valence-corrected chi connectivity index (χ3v) is 4.74. The quantitative estimate of drug-likeness (QED) is 0.767. The van der Waals surface area contributed by atoms with Crippen LogP contribution in [0.2, 0.25) is 0 Å². The molecule has 0 saturated heterocycles. The number of benzene rings is 2. The summed E-state index contributed by atoms with van der Waals surface area (Å²) in [5.41, 5.74) is 4.26. The standard InChI is InChI=1S/C21H17FN4O/c22-15-7-11-17(12-8-15)26-19-4-2-1-3-18(19)20(25-26)21(27)24-16-9-5-14(13-23)6-10-16/h5-12H,1-4H2,(H,24,27). The SMILES string of the molecule is N#Cc1ccc(NC(=O)c2nn(-c3ccc(F)cc3)c3c2CCCC3)cc1. The lowest BCUT2D eigenvalue weighted by Crippen LogP contribution is -2.15. The summed E-state index contributed by atoms with van der Waals surface area (Å²) in [6, 6.07) is 14.9. The molecule has 0 spiro atoms. The average Bonchev–Trinajstić information content (AvgIpc) is 3.09. The van der Waals surface area contributed by atoms with E-state index in [-0.39, 0.29) is 11.7 Å². The Balaban J connectivity index is 1.68. The maximum Gasteiger partial charge on any atom is 0.276 e. The van der Waals surface area contributed by atoms with Gasteiger partial charge in [-0.25, -0.2) is 9.07 Å². The normalized spacial score (nSPS) is 12.9. The molecule has 6 heteroatoms. The van der Waals surface area contributed by atoms with Gasteiger partial charge >= 0.3 is 0 Å². The van der Waals surface area contributed by atoms with Crippen LogP contribution in [0, 0.1) is 17.1 Å². The Morgan fingerprint density at radius 2 is 1.78 bits per heavy atom. The van der Waals surface area contributed by atoms with Crippen molar-refractivity contribution >= 4 is 11.6 Å².